The highest BCUT2D eigenvalue weighted by molar-refractivity contribution is 5.90. The molecule has 0 radical (unpaired) electrons. The summed E-state index contributed by atoms with van der Waals surface area (Å²) in [6.07, 6.45) is 10.4. The van der Waals surface area contributed by atoms with E-state index in [1.807, 2.05) is 4.90 Å². The predicted octanol–water partition coefficient (Wildman–Crippen LogP) is 1.95. The fourth-order valence-corrected chi connectivity index (χ4v) is 4.08. The van der Waals surface area contributed by atoms with Gasteiger partial charge in [0.05, 0.1) is 6.61 Å². The molecule has 0 aromatic heterocycles. The molecule has 1 heterocycles. The Labute approximate surface area is 131 Å². The highest BCUT2D eigenvalue weighted by atomic mass is 16.5. The third kappa shape index (κ3) is 2.43. The summed E-state index contributed by atoms with van der Waals surface area (Å²) in [5.41, 5.74) is -0.490. The largest absolute Gasteiger partial charge is 0.353 e. The summed E-state index contributed by atoms with van der Waals surface area (Å²) in [6, 6.07) is -0.0807. The second kappa shape index (κ2) is 5.52. The molecule has 1 N–H and O–H groups in total. The van der Waals surface area contributed by atoms with Crippen LogP contribution in [0, 0.1) is 5.92 Å². The topological polar surface area (TPSA) is 58.6 Å². The van der Waals surface area contributed by atoms with Crippen LogP contribution in [-0.2, 0) is 14.3 Å². The Morgan fingerprint density at radius 3 is 2.32 bits per heavy atom. The smallest absolute Gasteiger partial charge is 0.245 e. The van der Waals surface area contributed by atoms with Gasteiger partial charge in [-0.1, -0.05) is 12.8 Å². The fourth-order valence-electron chi connectivity index (χ4n) is 4.08. The van der Waals surface area contributed by atoms with Crippen molar-refractivity contribution in [3.63, 3.8) is 0 Å². The van der Waals surface area contributed by atoms with E-state index in [9.17, 15) is 9.59 Å². The highest BCUT2D eigenvalue weighted by Gasteiger charge is 2.54. The number of amides is 2. The maximum atomic E-state index is 13.0. The molecule has 1 spiro atoms. The van der Waals surface area contributed by atoms with Crippen molar-refractivity contribution in [1.82, 2.24) is 10.2 Å². The van der Waals surface area contributed by atoms with Crippen molar-refractivity contribution < 1.29 is 14.3 Å². The van der Waals surface area contributed by atoms with Crippen LogP contribution < -0.4 is 5.32 Å². The van der Waals surface area contributed by atoms with Gasteiger partial charge in [-0.25, -0.2) is 0 Å². The number of carbonyl (C=O) groups excluding carboxylic acids is 2. The maximum Gasteiger partial charge on any atom is 0.245 e. The average molecular weight is 306 g/mol. The monoisotopic (exact) mass is 306 g/mol. The molecule has 4 rings (SSSR count). The van der Waals surface area contributed by atoms with E-state index in [1.165, 1.54) is 6.42 Å². The van der Waals surface area contributed by atoms with Crippen LogP contribution >= 0.6 is 0 Å². The third-order valence-electron chi connectivity index (χ3n) is 5.81. The van der Waals surface area contributed by atoms with E-state index in [-0.39, 0.29) is 17.7 Å². The van der Waals surface area contributed by atoms with Gasteiger partial charge >= 0.3 is 0 Å². The van der Waals surface area contributed by atoms with Gasteiger partial charge in [0.25, 0.3) is 0 Å². The number of ether oxygens (including phenoxy) is 1. The van der Waals surface area contributed by atoms with Gasteiger partial charge in [-0.15, -0.1) is 0 Å². The first-order valence-electron chi connectivity index (χ1n) is 8.97. The standard InChI is InChI=1S/C17H26N2O3/c20-15(18-13-7-8-13)14-11-22-17(9-2-1-3-10-17)19(14)16(21)12-5-4-6-12/h12-14H,1-11H2,(H,18,20). The van der Waals surface area contributed by atoms with Crippen LogP contribution in [0.3, 0.4) is 0 Å². The Morgan fingerprint density at radius 2 is 1.73 bits per heavy atom. The summed E-state index contributed by atoms with van der Waals surface area (Å²) in [6.45, 7) is 0.372. The second-order valence-electron chi connectivity index (χ2n) is 7.45. The quantitative estimate of drug-likeness (QED) is 0.867. The molecule has 1 saturated heterocycles. The third-order valence-corrected chi connectivity index (χ3v) is 5.81. The zero-order valence-electron chi connectivity index (χ0n) is 13.2. The Kier molecular flexibility index (Phi) is 3.63. The molecule has 4 fully saturated rings. The van der Waals surface area contributed by atoms with Crippen molar-refractivity contribution in [1.29, 1.82) is 0 Å². The van der Waals surface area contributed by atoms with Crippen LogP contribution in [0.1, 0.15) is 64.2 Å². The van der Waals surface area contributed by atoms with Crippen molar-refractivity contribution in [2.75, 3.05) is 6.61 Å². The molecular weight excluding hydrogens is 280 g/mol. The number of hydrogen-bond acceptors (Lipinski definition) is 3. The number of nitrogens with zero attached hydrogens (tertiary/aromatic N) is 1. The van der Waals surface area contributed by atoms with Crippen LogP contribution in [0.25, 0.3) is 0 Å². The molecule has 5 heteroatoms. The molecule has 3 aliphatic carbocycles. The van der Waals surface area contributed by atoms with Crippen molar-refractivity contribution in [2.24, 2.45) is 5.92 Å². The first-order valence-corrected chi connectivity index (χ1v) is 8.97. The fraction of sp³-hybridized carbons (Fsp3) is 0.882. The summed E-state index contributed by atoms with van der Waals surface area (Å²) in [7, 11) is 0. The van der Waals surface area contributed by atoms with Crippen molar-refractivity contribution >= 4 is 11.8 Å². The minimum Gasteiger partial charge on any atom is -0.353 e. The normalized spacial score (nSPS) is 31.1. The van der Waals surface area contributed by atoms with Crippen molar-refractivity contribution in [3.8, 4) is 0 Å². The van der Waals surface area contributed by atoms with Crippen LogP contribution in [0.5, 0.6) is 0 Å². The molecule has 122 valence electrons. The van der Waals surface area contributed by atoms with Gasteiger partial charge < -0.3 is 10.1 Å². The van der Waals surface area contributed by atoms with E-state index in [2.05, 4.69) is 5.32 Å². The first kappa shape index (κ1) is 14.5. The van der Waals surface area contributed by atoms with Gasteiger partial charge in [-0.05, 0) is 51.4 Å². The van der Waals surface area contributed by atoms with Crippen LogP contribution in [0.4, 0.5) is 0 Å². The van der Waals surface area contributed by atoms with E-state index < -0.39 is 11.8 Å². The summed E-state index contributed by atoms with van der Waals surface area (Å²) in [4.78, 5) is 27.4. The van der Waals surface area contributed by atoms with Crippen LogP contribution in [0.2, 0.25) is 0 Å². The van der Waals surface area contributed by atoms with E-state index in [1.54, 1.807) is 0 Å². The zero-order valence-corrected chi connectivity index (χ0v) is 13.2. The van der Waals surface area contributed by atoms with E-state index in [4.69, 9.17) is 4.74 Å². The van der Waals surface area contributed by atoms with Gasteiger partial charge in [0.2, 0.25) is 11.8 Å². The molecular formula is C17H26N2O3. The molecule has 1 unspecified atom stereocenters. The van der Waals surface area contributed by atoms with Gasteiger partial charge in [0.15, 0.2) is 0 Å². The number of carbonyl (C=O) groups is 2. The lowest BCUT2D eigenvalue weighted by atomic mass is 9.82. The molecule has 0 bridgehead atoms. The molecule has 1 aliphatic heterocycles. The molecule has 5 nitrogen and oxygen atoms in total. The molecule has 1 atom stereocenters. The van der Waals surface area contributed by atoms with Gasteiger partial charge in [0.1, 0.15) is 11.8 Å². The molecule has 4 aliphatic rings. The van der Waals surface area contributed by atoms with Crippen molar-refractivity contribution in [3.05, 3.63) is 0 Å². The zero-order chi connectivity index (χ0) is 15.2. The molecule has 3 saturated carbocycles. The summed E-state index contributed by atoms with van der Waals surface area (Å²) < 4.78 is 6.11. The number of hydrogen-bond donors (Lipinski definition) is 1. The Balaban J connectivity index is 1.56. The van der Waals surface area contributed by atoms with E-state index >= 15 is 0 Å². The molecule has 2 amide bonds. The second-order valence-corrected chi connectivity index (χ2v) is 7.45. The van der Waals surface area contributed by atoms with Crippen molar-refractivity contribution in [2.45, 2.75) is 82.0 Å². The molecule has 0 aromatic carbocycles. The van der Waals surface area contributed by atoms with Gasteiger partial charge in [-0.2, -0.15) is 0 Å². The Bertz CT molecular complexity index is 465. The Morgan fingerprint density at radius 1 is 1.00 bits per heavy atom. The summed E-state index contributed by atoms with van der Waals surface area (Å²) >= 11 is 0. The van der Waals surface area contributed by atoms with Crippen LogP contribution in [-0.4, -0.2) is 41.1 Å². The maximum absolute atomic E-state index is 13.0. The molecule has 22 heavy (non-hydrogen) atoms. The van der Waals surface area contributed by atoms with Gasteiger partial charge in [0, 0.05) is 12.0 Å². The summed E-state index contributed by atoms with van der Waals surface area (Å²) in [5, 5.41) is 3.06. The minimum atomic E-state index is -0.490. The molecule has 0 aromatic rings. The Hall–Kier alpha value is -1.10. The van der Waals surface area contributed by atoms with Crippen LogP contribution in [0.15, 0.2) is 0 Å². The minimum absolute atomic E-state index is 0.00220. The SMILES string of the molecule is O=C(NC1CC1)C1COC2(CCCCC2)N1C(=O)C1CCC1. The highest BCUT2D eigenvalue weighted by Crippen LogP contribution is 2.43. The van der Waals surface area contributed by atoms with E-state index in [0.717, 1.165) is 57.8 Å². The lowest BCUT2D eigenvalue weighted by molar-refractivity contribution is -0.166. The van der Waals surface area contributed by atoms with Gasteiger partial charge in [-0.3, -0.25) is 14.5 Å². The average Bonchev–Trinajstić information content (AvgIpc) is 3.19. The number of rotatable bonds is 3. The lowest BCUT2D eigenvalue weighted by Crippen LogP contribution is -2.58. The summed E-state index contributed by atoms with van der Waals surface area (Å²) in [5.74, 6) is 0.288. The lowest BCUT2D eigenvalue weighted by Gasteiger charge is -2.44. The number of nitrogens with one attached hydrogen (secondary N) is 1. The first-order chi connectivity index (χ1) is 10.7. The predicted molar refractivity (Wildman–Crippen MR) is 80.9 cm³/mol. The van der Waals surface area contributed by atoms with E-state index in [0.29, 0.717) is 12.6 Å².